The maximum absolute atomic E-state index is 12.2. The summed E-state index contributed by atoms with van der Waals surface area (Å²) in [5.41, 5.74) is 1.97. The summed E-state index contributed by atoms with van der Waals surface area (Å²) in [4.78, 5) is 11.2. The van der Waals surface area contributed by atoms with Crippen LogP contribution in [0.25, 0.3) is 0 Å². The highest BCUT2D eigenvalue weighted by molar-refractivity contribution is 6.05. The van der Waals surface area contributed by atoms with Crippen molar-refractivity contribution in [2.24, 2.45) is 9.98 Å². The Morgan fingerprint density at radius 2 is 2.00 bits per heavy atom. The third-order valence-electron chi connectivity index (χ3n) is 4.02. The zero-order chi connectivity index (χ0) is 17.9. The van der Waals surface area contributed by atoms with E-state index in [9.17, 15) is 13.2 Å². The lowest BCUT2D eigenvalue weighted by Gasteiger charge is -2.33. The molecule has 1 unspecified atom stereocenters. The Kier molecular flexibility index (Phi) is 5.11. The Hall–Kier alpha value is -2.31. The zero-order valence-corrected chi connectivity index (χ0v) is 14.0. The lowest BCUT2D eigenvalue weighted by Crippen LogP contribution is -2.35. The van der Waals surface area contributed by atoms with E-state index in [4.69, 9.17) is 9.73 Å². The molecular formula is C18H20F3N3O. The van der Waals surface area contributed by atoms with E-state index < -0.39 is 12.8 Å². The number of amidine groups is 1. The number of fused-ring (bicyclic) bond motifs is 1. The first kappa shape index (κ1) is 17.5. The van der Waals surface area contributed by atoms with Crippen molar-refractivity contribution in [3.8, 4) is 5.75 Å². The van der Waals surface area contributed by atoms with Crippen LogP contribution in [0.4, 0.5) is 18.9 Å². The molecule has 0 saturated heterocycles. The molecule has 134 valence electrons. The average molecular weight is 351 g/mol. The smallest absolute Gasteiger partial charge is 0.422 e. The maximum atomic E-state index is 12.2. The van der Waals surface area contributed by atoms with Gasteiger partial charge in [-0.1, -0.05) is 13.3 Å². The van der Waals surface area contributed by atoms with E-state index in [1.165, 1.54) is 0 Å². The molecule has 1 aromatic rings. The summed E-state index contributed by atoms with van der Waals surface area (Å²) >= 11 is 0. The number of alkyl halides is 3. The second-order valence-corrected chi connectivity index (χ2v) is 6.03. The molecule has 0 saturated carbocycles. The number of ether oxygens (including phenoxy) is 1. The maximum Gasteiger partial charge on any atom is 0.422 e. The lowest BCUT2D eigenvalue weighted by atomic mass is 10.1. The van der Waals surface area contributed by atoms with E-state index in [2.05, 4.69) is 23.0 Å². The molecule has 3 rings (SSSR count). The van der Waals surface area contributed by atoms with Crippen molar-refractivity contribution in [3.63, 3.8) is 0 Å². The molecule has 2 aliphatic heterocycles. The van der Waals surface area contributed by atoms with Crippen molar-refractivity contribution >= 4 is 17.7 Å². The molecule has 0 aliphatic carbocycles. The van der Waals surface area contributed by atoms with E-state index in [0.717, 1.165) is 42.8 Å². The normalized spacial score (nSPS) is 20.0. The van der Waals surface area contributed by atoms with Gasteiger partial charge in [-0.15, -0.1) is 0 Å². The predicted molar refractivity (Wildman–Crippen MR) is 92.4 cm³/mol. The number of nitrogens with zero attached hydrogens (tertiary/aromatic N) is 3. The van der Waals surface area contributed by atoms with Crippen molar-refractivity contribution < 1.29 is 17.9 Å². The third kappa shape index (κ3) is 4.41. The first-order valence-corrected chi connectivity index (χ1v) is 8.35. The Morgan fingerprint density at radius 3 is 2.68 bits per heavy atom. The van der Waals surface area contributed by atoms with Gasteiger partial charge in [0, 0.05) is 23.7 Å². The van der Waals surface area contributed by atoms with Crippen LogP contribution in [0.1, 0.15) is 32.6 Å². The molecule has 25 heavy (non-hydrogen) atoms. The molecule has 1 aromatic carbocycles. The monoisotopic (exact) mass is 351 g/mol. The van der Waals surface area contributed by atoms with Crippen LogP contribution in [0.2, 0.25) is 0 Å². The van der Waals surface area contributed by atoms with Gasteiger partial charge in [-0.2, -0.15) is 13.2 Å². The van der Waals surface area contributed by atoms with Crippen LogP contribution >= 0.6 is 0 Å². The van der Waals surface area contributed by atoms with Gasteiger partial charge in [0.1, 0.15) is 11.9 Å². The van der Waals surface area contributed by atoms with E-state index in [0.29, 0.717) is 0 Å². The average Bonchev–Trinajstić information content (AvgIpc) is 2.59. The van der Waals surface area contributed by atoms with Gasteiger partial charge in [-0.25, -0.2) is 9.98 Å². The van der Waals surface area contributed by atoms with Crippen molar-refractivity contribution in [2.75, 3.05) is 11.5 Å². The molecule has 0 fully saturated rings. The molecule has 2 heterocycles. The van der Waals surface area contributed by atoms with Crippen molar-refractivity contribution in [2.45, 2.75) is 44.9 Å². The molecule has 0 radical (unpaired) electrons. The summed E-state index contributed by atoms with van der Waals surface area (Å²) in [5.74, 6) is 0.996. The van der Waals surface area contributed by atoms with Gasteiger partial charge < -0.3 is 9.64 Å². The minimum atomic E-state index is -4.34. The highest BCUT2D eigenvalue weighted by Gasteiger charge is 2.28. The third-order valence-corrected chi connectivity index (χ3v) is 4.02. The first-order valence-electron chi connectivity index (χ1n) is 8.35. The van der Waals surface area contributed by atoms with Gasteiger partial charge in [0.05, 0.1) is 0 Å². The van der Waals surface area contributed by atoms with Crippen LogP contribution in [0, 0.1) is 0 Å². The minimum Gasteiger partial charge on any atom is -0.484 e. The van der Waals surface area contributed by atoms with Crippen LogP contribution in [-0.2, 0) is 0 Å². The fourth-order valence-electron chi connectivity index (χ4n) is 2.85. The van der Waals surface area contributed by atoms with Gasteiger partial charge >= 0.3 is 6.18 Å². The molecule has 2 aliphatic rings. The molecule has 7 heteroatoms. The van der Waals surface area contributed by atoms with E-state index in [1.54, 1.807) is 24.3 Å². The van der Waals surface area contributed by atoms with Gasteiger partial charge in [0.2, 0.25) is 0 Å². The highest BCUT2D eigenvalue weighted by Crippen LogP contribution is 2.30. The SMILES string of the molecule is CCCC1N=C2N=CCCC2=CN1c1ccc(OCC(F)(F)F)cc1. The minimum absolute atomic E-state index is 0.0547. The van der Waals surface area contributed by atoms with E-state index in [-0.39, 0.29) is 11.9 Å². The Morgan fingerprint density at radius 1 is 1.24 bits per heavy atom. The lowest BCUT2D eigenvalue weighted by molar-refractivity contribution is -0.153. The Balaban J connectivity index is 1.78. The van der Waals surface area contributed by atoms with Crippen LogP contribution in [0.3, 0.4) is 0 Å². The van der Waals surface area contributed by atoms with Crippen LogP contribution in [0.5, 0.6) is 5.75 Å². The molecular weight excluding hydrogens is 331 g/mol. The van der Waals surface area contributed by atoms with Gasteiger partial charge in [0.25, 0.3) is 0 Å². The summed E-state index contributed by atoms with van der Waals surface area (Å²) in [6.45, 7) is 0.806. The molecule has 4 nitrogen and oxygen atoms in total. The van der Waals surface area contributed by atoms with Crippen molar-refractivity contribution in [1.29, 1.82) is 0 Å². The quantitative estimate of drug-likeness (QED) is 0.770. The van der Waals surface area contributed by atoms with Crippen molar-refractivity contribution in [1.82, 2.24) is 0 Å². The van der Waals surface area contributed by atoms with Crippen molar-refractivity contribution in [3.05, 3.63) is 36.0 Å². The highest BCUT2D eigenvalue weighted by atomic mass is 19.4. The topological polar surface area (TPSA) is 37.2 Å². The second kappa shape index (κ2) is 7.29. The number of rotatable bonds is 5. The molecule has 0 N–H and O–H groups in total. The Bertz CT molecular complexity index is 693. The molecule has 0 aromatic heterocycles. The first-order chi connectivity index (χ1) is 12.0. The van der Waals surface area contributed by atoms with E-state index >= 15 is 0 Å². The summed E-state index contributed by atoms with van der Waals surface area (Å²) in [6.07, 6.45) is 3.18. The fraction of sp³-hybridized carbons (Fsp3) is 0.444. The summed E-state index contributed by atoms with van der Waals surface area (Å²) < 4.78 is 41.5. The summed E-state index contributed by atoms with van der Waals surface area (Å²) in [5, 5.41) is 0. The second-order valence-electron chi connectivity index (χ2n) is 6.03. The Labute approximate surface area is 144 Å². The number of aliphatic imine (C=N–C) groups is 2. The largest absolute Gasteiger partial charge is 0.484 e. The number of anilines is 1. The standard InChI is InChI=1S/C18H20F3N3O/c1-2-4-16-23-17-13(5-3-10-22-17)11-24(16)14-6-8-15(9-7-14)25-12-18(19,20)21/h6-11,16H,2-5,12H2,1H3. The van der Waals surface area contributed by atoms with E-state index in [1.807, 2.05) is 6.21 Å². The number of hydrogen-bond donors (Lipinski definition) is 0. The molecule has 1 atom stereocenters. The van der Waals surface area contributed by atoms with Crippen LogP contribution in [-0.4, -0.2) is 31.0 Å². The molecule has 0 bridgehead atoms. The number of hydrogen-bond acceptors (Lipinski definition) is 4. The van der Waals surface area contributed by atoms with Gasteiger partial charge in [0.15, 0.2) is 12.4 Å². The van der Waals surface area contributed by atoms with Gasteiger partial charge in [-0.05, 0) is 43.5 Å². The van der Waals surface area contributed by atoms with Crippen LogP contribution < -0.4 is 9.64 Å². The number of halogens is 3. The van der Waals surface area contributed by atoms with Gasteiger partial charge in [-0.3, -0.25) is 0 Å². The molecule has 0 amide bonds. The zero-order valence-electron chi connectivity index (χ0n) is 14.0. The number of benzene rings is 1. The summed E-state index contributed by atoms with van der Waals surface area (Å²) in [7, 11) is 0. The predicted octanol–water partition coefficient (Wildman–Crippen LogP) is 4.72. The summed E-state index contributed by atoms with van der Waals surface area (Å²) in [6, 6.07) is 6.64. The van der Waals surface area contributed by atoms with Crippen LogP contribution in [0.15, 0.2) is 46.0 Å². The molecule has 0 spiro atoms. The fourth-order valence-corrected chi connectivity index (χ4v) is 2.85.